The lowest BCUT2D eigenvalue weighted by molar-refractivity contribution is -0.144. The number of ether oxygens (including phenoxy) is 1. The topological polar surface area (TPSA) is 92.8 Å². The highest BCUT2D eigenvalue weighted by atomic mass is 16.5. The summed E-state index contributed by atoms with van der Waals surface area (Å²) in [6.07, 6.45) is -0.433. The molecule has 7 nitrogen and oxygen atoms in total. The van der Waals surface area contributed by atoms with Crippen LogP contribution in [-0.2, 0) is 19.1 Å². The van der Waals surface area contributed by atoms with Crippen LogP contribution in [0.15, 0.2) is 11.3 Å². The van der Waals surface area contributed by atoms with Gasteiger partial charge in [-0.15, -0.1) is 0 Å². The highest BCUT2D eigenvalue weighted by Gasteiger charge is 2.37. The predicted molar refractivity (Wildman–Crippen MR) is 60.2 cm³/mol. The Hall–Kier alpha value is -2.18. The van der Waals surface area contributed by atoms with Gasteiger partial charge in [0, 0.05) is 7.05 Å². The molecule has 1 rings (SSSR count). The van der Waals surface area contributed by atoms with E-state index in [0.29, 0.717) is 0 Å². The smallest absolute Gasteiger partial charge is 0.344 e. The maximum absolute atomic E-state index is 11.7. The maximum Gasteiger partial charge on any atom is 0.344 e. The number of rotatable bonds is 3. The number of amides is 3. The van der Waals surface area contributed by atoms with Crippen molar-refractivity contribution in [2.24, 2.45) is 0 Å². The fourth-order valence-electron chi connectivity index (χ4n) is 1.37. The molecule has 0 radical (unpaired) electrons. The third-order valence-electron chi connectivity index (χ3n) is 2.20. The van der Waals surface area contributed by atoms with E-state index in [2.05, 4.69) is 5.32 Å². The third kappa shape index (κ3) is 2.55. The first kappa shape index (κ1) is 13.9. The SMILES string of the molecule is CC(=O)C(C(=O)OC(C)C)=C1NC(=O)N(C)C1=O. The van der Waals surface area contributed by atoms with E-state index in [0.717, 1.165) is 11.8 Å². The molecule has 1 heterocycles. The molecule has 1 aliphatic heterocycles. The fourth-order valence-corrected chi connectivity index (χ4v) is 1.37. The molecule has 0 spiro atoms. The zero-order valence-corrected chi connectivity index (χ0v) is 10.6. The van der Waals surface area contributed by atoms with Gasteiger partial charge in [-0.05, 0) is 20.8 Å². The van der Waals surface area contributed by atoms with Crippen molar-refractivity contribution >= 4 is 23.7 Å². The van der Waals surface area contributed by atoms with Crippen molar-refractivity contribution in [3.8, 4) is 0 Å². The quantitative estimate of drug-likeness (QED) is 0.251. The van der Waals surface area contributed by atoms with E-state index in [1.54, 1.807) is 13.8 Å². The molecule has 1 fully saturated rings. The Morgan fingerprint density at radius 1 is 1.28 bits per heavy atom. The van der Waals surface area contributed by atoms with Gasteiger partial charge in [-0.3, -0.25) is 14.5 Å². The summed E-state index contributed by atoms with van der Waals surface area (Å²) >= 11 is 0. The molecule has 18 heavy (non-hydrogen) atoms. The molecule has 0 aliphatic carbocycles. The lowest BCUT2D eigenvalue weighted by atomic mass is 10.1. The summed E-state index contributed by atoms with van der Waals surface area (Å²) in [5.74, 6) is -2.29. The predicted octanol–water partition coefficient (Wildman–Crippen LogP) is -0.0373. The number of nitrogens with one attached hydrogen (secondary N) is 1. The highest BCUT2D eigenvalue weighted by Crippen LogP contribution is 2.15. The second-order valence-corrected chi connectivity index (χ2v) is 4.05. The van der Waals surface area contributed by atoms with E-state index in [4.69, 9.17) is 4.74 Å². The number of imide groups is 1. The summed E-state index contributed by atoms with van der Waals surface area (Å²) in [7, 11) is 1.25. The van der Waals surface area contributed by atoms with E-state index in [1.165, 1.54) is 7.05 Å². The van der Waals surface area contributed by atoms with E-state index in [-0.39, 0.29) is 5.70 Å². The second-order valence-electron chi connectivity index (χ2n) is 4.05. The van der Waals surface area contributed by atoms with Gasteiger partial charge in [-0.1, -0.05) is 0 Å². The molecule has 1 N–H and O–H groups in total. The van der Waals surface area contributed by atoms with E-state index >= 15 is 0 Å². The van der Waals surface area contributed by atoms with Crippen molar-refractivity contribution in [3.63, 3.8) is 0 Å². The Morgan fingerprint density at radius 3 is 2.17 bits per heavy atom. The summed E-state index contributed by atoms with van der Waals surface area (Å²) in [6, 6.07) is -0.689. The Morgan fingerprint density at radius 2 is 1.83 bits per heavy atom. The van der Waals surface area contributed by atoms with Gasteiger partial charge in [0.25, 0.3) is 5.91 Å². The van der Waals surface area contributed by atoms with Gasteiger partial charge in [-0.2, -0.15) is 0 Å². The minimum absolute atomic E-state index is 0.333. The number of hydrogen-bond donors (Lipinski definition) is 1. The number of carbonyl (C=O) groups excluding carboxylic acids is 4. The van der Waals surface area contributed by atoms with Crippen molar-refractivity contribution in [2.75, 3.05) is 7.05 Å². The average Bonchev–Trinajstić information content (AvgIpc) is 2.45. The van der Waals surface area contributed by atoms with E-state index < -0.39 is 35.4 Å². The maximum atomic E-state index is 11.7. The third-order valence-corrected chi connectivity index (χ3v) is 2.20. The van der Waals surface area contributed by atoms with E-state index in [9.17, 15) is 19.2 Å². The van der Waals surface area contributed by atoms with Crippen LogP contribution in [0.1, 0.15) is 20.8 Å². The molecule has 0 atom stereocenters. The monoisotopic (exact) mass is 254 g/mol. The van der Waals surface area contributed by atoms with Crippen molar-refractivity contribution in [1.29, 1.82) is 0 Å². The minimum atomic E-state index is -0.920. The molecular formula is C11H14N2O5. The van der Waals surface area contributed by atoms with Gasteiger partial charge in [0.2, 0.25) is 0 Å². The van der Waals surface area contributed by atoms with Crippen molar-refractivity contribution < 1.29 is 23.9 Å². The summed E-state index contributed by atoms with van der Waals surface area (Å²) in [5, 5.41) is 2.18. The van der Waals surface area contributed by atoms with Gasteiger partial charge in [0.1, 0.15) is 11.3 Å². The highest BCUT2D eigenvalue weighted by molar-refractivity contribution is 6.25. The molecule has 0 aromatic rings. The van der Waals surface area contributed by atoms with Crippen LogP contribution in [0.25, 0.3) is 0 Å². The van der Waals surface area contributed by atoms with Crippen LogP contribution >= 0.6 is 0 Å². The van der Waals surface area contributed by atoms with Crippen LogP contribution in [0.2, 0.25) is 0 Å². The van der Waals surface area contributed by atoms with E-state index in [1.807, 2.05) is 0 Å². The van der Waals surface area contributed by atoms with Crippen LogP contribution in [0.5, 0.6) is 0 Å². The van der Waals surface area contributed by atoms with Crippen LogP contribution in [0, 0.1) is 0 Å². The van der Waals surface area contributed by atoms with Crippen molar-refractivity contribution in [1.82, 2.24) is 10.2 Å². The molecule has 7 heteroatoms. The minimum Gasteiger partial charge on any atom is -0.459 e. The Bertz CT molecular complexity index is 464. The van der Waals surface area contributed by atoms with Crippen LogP contribution in [-0.4, -0.2) is 41.7 Å². The van der Waals surface area contributed by atoms with Gasteiger partial charge in [0.15, 0.2) is 5.78 Å². The van der Waals surface area contributed by atoms with Gasteiger partial charge >= 0.3 is 12.0 Å². The molecule has 0 unspecified atom stereocenters. The number of esters is 1. The number of Topliss-reactive ketones (excluding diaryl/α,β-unsaturated/α-hetero) is 1. The van der Waals surface area contributed by atoms with Gasteiger partial charge in [0.05, 0.1) is 6.10 Å². The zero-order chi connectivity index (χ0) is 14.0. The number of nitrogens with zero attached hydrogens (tertiary/aromatic N) is 1. The summed E-state index contributed by atoms with van der Waals surface area (Å²) < 4.78 is 4.87. The first-order valence-electron chi connectivity index (χ1n) is 5.31. The van der Waals surface area contributed by atoms with Gasteiger partial charge in [-0.25, -0.2) is 9.59 Å². The summed E-state index contributed by atoms with van der Waals surface area (Å²) in [4.78, 5) is 46.9. The molecule has 0 saturated carbocycles. The number of likely N-dealkylation sites (N-methyl/N-ethyl adjacent to an activating group) is 1. The summed E-state index contributed by atoms with van der Waals surface area (Å²) in [6.45, 7) is 4.35. The number of urea groups is 1. The molecule has 0 aromatic carbocycles. The molecule has 0 aromatic heterocycles. The second kappa shape index (κ2) is 4.99. The fraction of sp³-hybridized carbons (Fsp3) is 0.455. The zero-order valence-electron chi connectivity index (χ0n) is 10.6. The first-order chi connectivity index (χ1) is 8.25. The van der Waals surface area contributed by atoms with Crippen LogP contribution in [0.3, 0.4) is 0 Å². The van der Waals surface area contributed by atoms with Crippen molar-refractivity contribution in [2.45, 2.75) is 26.9 Å². The standard InChI is InChI=1S/C11H14N2O5/c1-5(2)18-10(16)7(6(3)14)8-9(15)13(4)11(17)12-8/h5H,1-4H3,(H,12,17). The van der Waals surface area contributed by atoms with Gasteiger partial charge < -0.3 is 10.1 Å². The largest absolute Gasteiger partial charge is 0.459 e. The number of carbonyl (C=O) groups is 4. The summed E-state index contributed by atoms with van der Waals surface area (Å²) in [5.41, 5.74) is -0.771. The van der Waals surface area contributed by atoms with Crippen LogP contribution < -0.4 is 5.32 Å². The molecule has 1 aliphatic rings. The van der Waals surface area contributed by atoms with Crippen molar-refractivity contribution in [3.05, 3.63) is 11.3 Å². The van der Waals surface area contributed by atoms with Crippen LogP contribution in [0.4, 0.5) is 4.79 Å². The normalized spacial score (nSPS) is 17.9. The lowest BCUT2D eigenvalue weighted by Crippen LogP contribution is -2.25. The molecular weight excluding hydrogens is 240 g/mol. The Labute approximate surface area is 104 Å². The molecule has 98 valence electrons. The molecule has 3 amide bonds. The Kier molecular flexibility index (Phi) is 3.85. The lowest BCUT2D eigenvalue weighted by Gasteiger charge is -2.10. The number of hydrogen-bond acceptors (Lipinski definition) is 5. The Balaban J connectivity index is 3.20. The number of ketones is 1. The molecule has 1 saturated heterocycles. The molecule has 0 bridgehead atoms. The average molecular weight is 254 g/mol. The first-order valence-corrected chi connectivity index (χ1v) is 5.31.